The van der Waals surface area contributed by atoms with Crippen molar-refractivity contribution in [3.63, 3.8) is 0 Å². The van der Waals surface area contributed by atoms with Gasteiger partial charge in [-0.2, -0.15) is 0 Å². The Balaban J connectivity index is 2.93. The number of hydrogen-bond donors (Lipinski definition) is 2. The molecule has 4 nitrogen and oxygen atoms in total. The summed E-state index contributed by atoms with van der Waals surface area (Å²) in [4.78, 5) is 11.1. The highest BCUT2D eigenvalue weighted by atomic mass is 35.5. The average molecular weight is 243 g/mol. The molecule has 0 radical (unpaired) electrons. The van der Waals surface area contributed by atoms with Crippen molar-refractivity contribution in [1.29, 1.82) is 0 Å². The van der Waals surface area contributed by atoms with Crippen molar-refractivity contribution in [1.82, 2.24) is 0 Å². The number of amides is 1. The van der Waals surface area contributed by atoms with Crippen LogP contribution in [0.4, 0.5) is 0 Å². The Morgan fingerprint density at radius 3 is 2.75 bits per heavy atom. The normalized spacial score (nSPS) is 12.2. The van der Waals surface area contributed by atoms with Gasteiger partial charge in [0.05, 0.1) is 13.0 Å². The molecule has 4 N–H and O–H groups in total. The van der Waals surface area contributed by atoms with Gasteiger partial charge in [-0.25, -0.2) is 0 Å². The van der Waals surface area contributed by atoms with Crippen LogP contribution in [0, 0.1) is 5.92 Å². The van der Waals surface area contributed by atoms with Crippen molar-refractivity contribution >= 4 is 17.5 Å². The molecule has 0 aliphatic carbocycles. The lowest BCUT2D eigenvalue weighted by atomic mass is 9.98. The van der Waals surface area contributed by atoms with Crippen LogP contribution >= 0.6 is 11.6 Å². The topological polar surface area (TPSA) is 78.3 Å². The first kappa shape index (κ1) is 12.8. The number of primary amides is 1. The van der Waals surface area contributed by atoms with Crippen LogP contribution in [0.25, 0.3) is 0 Å². The van der Waals surface area contributed by atoms with E-state index in [2.05, 4.69) is 0 Å². The number of ether oxygens (including phenoxy) is 1. The van der Waals surface area contributed by atoms with E-state index in [-0.39, 0.29) is 6.54 Å². The zero-order valence-corrected chi connectivity index (χ0v) is 9.83. The smallest absolute Gasteiger partial charge is 0.222 e. The molecule has 0 heterocycles. The van der Waals surface area contributed by atoms with Crippen molar-refractivity contribution in [3.05, 3.63) is 28.8 Å². The van der Waals surface area contributed by atoms with Gasteiger partial charge >= 0.3 is 0 Å². The first-order valence-electron chi connectivity index (χ1n) is 4.90. The lowest BCUT2D eigenvalue weighted by molar-refractivity contribution is -0.121. The molecule has 0 bridgehead atoms. The van der Waals surface area contributed by atoms with Gasteiger partial charge in [0.1, 0.15) is 5.75 Å². The summed E-state index contributed by atoms with van der Waals surface area (Å²) in [5, 5.41) is 0.594. The summed E-state index contributed by atoms with van der Waals surface area (Å²) in [5.41, 5.74) is 11.5. The summed E-state index contributed by atoms with van der Waals surface area (Å²) in [6.45, 7) is 0.213. The summed E-state index contributed by atoms with van der Waals surface area (Å²) in [6.07, 6.45) is 0.440. The minimum absolute atomic E-state index is 0.213. The van der Waals surface area contributed by atoms with Gasteiger partial charge in [0.2, 0.25) is 5.91 Å². The molecule has 16 heavy (non-hydrogen) atoms. The van der Waals surface area contributed by atoms with E-state index < -0.39 is 11.8 Å². The monoisotopic (exact) mass is 242 g/mol. The number of hydrogen-bond acceptors (Lipinski definition) is 3. The fraction of sp³-hybridized carbons (Fsp3) is 0.364. The van der Waals surface area contributed by atoms with Gasteiger partial charge in [-0.1, -0.05) is 11.6 Å². The maximum Gasteiger partial charge on any atom is 0.222 e. The first-order valence-corrected chi connectivity index (χ1v) is 5.28. The van der Waals surface area contributed by atoms with Gasteiger partial charge in [-0.05, 0) is 30.2 Å². The number of rotatable bonds is 5. The largest absolute Gasteiger partial charge is 0.496 e. The van der Waals surface area contributed by atoms with Crippen molar-refractivity contribution in [2.24, 2.45) is 17.4 Å². The number of nitrogens with two attached hydrogens (primary N) is 2. The summed E-state index contributed by atoms with van der Waals surface area (Å²) in [6, 6.07) is 5.24. The molecule has 0 aliphatic rings. The molecular weight excluding hydrogens is 228 g/mol. The molecule has 5 heteroatoms. The van der Waals surface area contributed by atoms with E-state index in [1.54, 1.807) is 25.3 Å². The number of methoxy groups -OCH3 is 1. The van der Waals surface area contributed by atoms with Gasteiger partial charge in [0.25, 0.3) is 0 Å². The molecule has 1 aromatic carbocycles. The quantitative estimate of drug-likeness (QED) is 0.807. The van der Waals surface area contributed by atoms with Crippen LogP contribution in [-0.4, -0.2) is 19.6 Å². The van der Waals surface area contributed by atoms with Crippen LogP contribution in [0.15, 0.2) is 18.2 Å². The van der Waals surface area contributed by atoms with Crippen molar-refractivity contribution in [2.75, 3.05) is 13.7 Å². The van der Waals surface area contributed by atoms with E-state index >= 15 is 0 Å². The SMILES string of the molecule is COc1ccc(Cl)cc1C[C@H](CN)C(N)=O. The predicted octanol–water partition coefficient (Wildman–Crippen LogP) is 0.951. The maximum absolute atomic E-state index is 11.1. The minimum Gasteiger partial charge on any atom is -0.496 e. The van der Waals surface area contributed by atoms with Gasteiger partial charge < -0.3 is 16.2 Å². The molecule has 0 spiro atoms. The molecule has 1 aromatic rings. The Hall–Kier alpha value is -1.26. The summed E-state index contributed by atoms with van der Waals surface area (Å²) >= 11 is 5.88. The van der Waals surface area contributed by atoms with E-state index in [4.69, 9.17) is 27.8 Å². The molecule has 0 fully saturated rings. The molecule has 0 unspecified atom stereocenters. The van der Waals surface area contributed by atoms with E-state index in [1.165, 1.54) is 0 Å². The molecule has 1 atom stereocenters. The Kier molecular flexibility index (Phi) is 4.58. The van der Waals surface area contributed by atoms with Crippen LogP contribution in [-0.2, 0) is 11.2 Å². The number of benzene rings is 1. The third kappa shape index (κ3) is 3.12. The highest BCUT2D eigenvalue weighted by Crippen LogP contribution is 2.24. The Bertz CT molecular complexity index is 382. The second-order valence-electron chi connectivity index (χ2n) is 3.50. The van der Waals surface area contributed by atoms with Gasteiger partial charge in [0, 0.05) is 11.6 Å². The van der Waals surface area contributed by atoms with E-state index in [9.17, 15) is 4.79 Å². The molecular formula is C11H15ClN2O2. The highest BCUT2D eigenvalue weighted by molar-refractivity contribution is 6.30. The fourth-order valence-electron chi connectivity index (χ4n) is 1.47. The number of carbonyl (C=O) groups excluding carboxylic acids is 1. The van der Waals surface area contributed by atoms with Crippen LogP contribution in [0.2, 0.25) is 5.02 Å². The molecule has 1 amide bonds. The number of halogens is 1. The van der Waals surface area contributed by atoms with Crippen LogP contribution in [0.5, 0.6) is 5.75 Å². The van der Waals surface area contributed by atoms with Gasteiger partial charge in [0.15, 0.2) is 0 Å². The van der Waals surface area contributed by atoms with Crippen LogP contribution < -0.4 is 16.2 Å². The van der Waals surface area contributed by atoms with Gasteiger partial charge in [-0.15, -0.1) is 0 Å². The summed E-state index contributed by atoms with van der Waals surface area (Å²) < 4.78 is 5.17. The van der Waals surface area contributed by atoms with Crippen molar-refractivity contribution < 1.29 is 9.53 Å². The van der Waals surface area contributed by atoms with E-state index in [0.29, 0.717) is 17.2 Å². The first-order chi connectivity index (χ1) is 7.58. The second-order valence-corrected chi connectivity index (χ2v) is 3.93. The highest BCUT2D eigenvalue weighted by Gasteiger charge is 2.16. The van der Waals surface area contributed by atoms with Crippen molar-refractivity contribution in [3.8, 4) is 5.75 Å². The Labute approximate surface area is 99.5 Å². The summed E-state index contributed by atoms with van der Waals surface area (Å²) in [5.74, 6) is -0.124. The Morgan fingerprint density at radius 2 is 2.25 bits per heavy atom. The van der Waals surface area contributed by atoms with Crippen LogP contribution in [0.3, 0.4) is 0 Å². The zero-order chi connectivity index (χ0) is 12.1. The van der Waals surface area contributed by atoms with Crippen molar-refractivity contribution in [2.45, 2.75) is 6.42 Å². The third-order valence-corrected chi connectivity index (χ3v) is 2.63. The third-order valence-electron chi connectivity index (χ3n) is 2.40. The second kappa shape index (κ2) is 5.72. The maximum atomic E-state index is 11.1. The van der Waals surface area contributed by atoms with E-state index in [0.717, 1.165) is 5.56 Å². The minimum atomic E-state index is -0.412. The predicted molar refractivity (Wildman–Crippen MR) is 63.4 cm³/mol. The van der Waals surface area contributed by atoms with E-state index in [1.807, 2.05) is 0 Å². The number of carbonyl (C=O) groups is 1. The molecule has 0 saturated carbocycles. The molecule has 1 rings (SSSR count). The molecule has 0 saturated heterocycles. The summed E-state index contributed by atoms with van der Waals surface area (Å²) in [7, 11) is 1.56. The standard InChI is InChI=1S/C11H15ClN2O2/c1-16-10-3-2-9(12)5-7(10)4-8(6-13)11(14)15/h2-3,5,8H,4,6,13H2,1H3,(H2,14,15)/t8-/m1/s1. The average Bonchev–Trinajstić information content (AvgIpc) is 2.25. The zero-order valence-electron chi connectivity index (χ0n) is 9.07. The lowest BCUT2D eigenvalue weighted by Crippen LogP contribution is -2.31. The van der Waals surface area contributed by atoms with Gasteiger partial charge in [-0.3, -0.25) is 4.79 Å². The van der Waals surface area contributed by atoms with Crippen LogP contribution in [0.1, 0.15) is 5.56 Å². The fourth-order valence-corrected chi connectivity index (χ4v) is 1.67. The Morgan fingerprint density at radius 1 is 1.56 bits per heavy atom. The molecule has 88 valence electrons. The molecule has 0 aromatic heterocycles. The lowest BCUT2D eigenvalue weighted by Gasteiger charge is -2.13. The molecule has 0 aliphatic heterocycles.